The smallest absolute Gasteiger partial charge is 0.387 e. The predicted molar refractivity (Wildman–Crippen MR) is 108 cm³/mol. The lowest BCUT2D eigenvalue weighted by molar-refractivity contribution is -0.0494. The van der Waals surface area contributed by atoms with E-state index in [1.807, 2.05) is 0 Å². The summed E-state index contributed by atoms with van der Waals surface area (Å²) in [5.74, 6) is -3.46. The van der Waals surface area contributed by atoms with Crippen molar-refractivity contribution < 1.29 is 27.0 Å². The average molecular weight is 454 g/mol. The van der Waals surface area contributed by atoms with Gasteiger partial charge in [-0.2, -0.15) is 13.8 Å². The van der Waals surface area contributed by atoms with Crippen LogP contribution in [-0.4, -0.2) is 65.9 Å². The molecule has 0 radical (unpaired) electrons. The van der Waals surface area contributed by atoms with E-state index in [9.17, 15) is 17.6 Å². The molecule has 0 saturated carbocycles. The van der Waals surface area contributed by atoms with Gasteiger partial charge in [0.05, 0.1) is 31.0 Å². The number of pyridine rings is 1. The number of alkyl halides is 4. The molecular weight excluding hydrogens is 432 g/mol. The number of hydrogen-bond acceptors (Lipinski definition) is 8. The Morgan fingerprint density at radius 3 is 2.69 bits per heavy atom. The van der Waals surface area contributed by atoms with E-state index in [4.69, 9.17) is 10.5 Å². The van der Waals surface area contributed by atoms with Crippen LogP contribution in [-0.2, 0) is 4.74 Å². The van der Waals surface area contributed by atoms with Crippen LogP contribution in [0.4, 0.5) is 35.1 Å². The first-order valence-electron chi connectivity index (χ1n) is 10.3. The van der Waals surface area contributed by atoms with Crippen LogP contribution in [0.2, 0.25) is 0 Å². The largest absolute Gasteiger partial charge is 0.431 e. The zero-order valence-corrected chi connectivity index (χ0v) is 17.2. The van der Waals surface area contributed by atoms with E-state index in [0.29, 0.717) is 30.2 Å². The highest BCUT2D eigenvalue weighted by Gasteiger charge is 2.46. The summed E-state index contributed by atoms with van der Waals surface area (Å²) < 4.78 is 64.0. The number of nitrogens with two attached hydrogens (primary N) is 1. The van der Waals surface area contributed by atoms with Crippen molar-refractivity contribution in [2.24, 2.45) is 5.92 Å². The fourth-order valence-electron chi connectivity index (χ4n) is 4.42. The Morgan fingerprint density at radius 1 is 1.25 bits per heavy atom. The number of fused-ring (bicyclic) bond motifs is 2. The first kappa shape index (κ1) is 21.0. The van der Waals surface area contributed by atoms with Crippen LogP contribution in [0.3, 0.4) is 0 Å². The van der Waals surface area contributed by atoms with Crippen LogP contribution >= 0.6 is 0 Å². The van der Waals surface area contributed by atoms with Crippen LogP contribution in [0.1, 0.15) is 13.3 Å². The van der Waals surface area contributed by atoms with Crippen LogP contribution < -0.4 is 20.3 Å². The molecule has 3 aliphatic heterocycles. The molecule has 172 valence electrons. The summed E-state index contributed by atoms with van der Waals surface area (Å²) in [6, 6.07) is 3.14. The van der Waals surface area contributed by atoms with Crippen molar-refractivity contribution >= 4 is 17.6 Å². The number of nitrogens with zero attached hydrogens (tertiary/aromatic N) is 5. The first-order valence-corrected chi connectivity index (χ1v) is 10.3. The molecule has 3 aliphatic rings. The average Bonchev–Trinajstić information content (AvgIpc) is 3.44. The molecule has 0 amide bonds. The molecule has 0 spiro atoms. The van der Waals surface area contributed by atoms with Gasteiger partial charge in [0.1, 0.15) is 5.82 Å². The minimum atomic E-state index is -3.07. The third-order valence-corrected chi connectivity index (χ3v) is 6.19. The van der Waals surface area contributed by atoms with Crippen molar-refractivity contribution in [2.75, 3.05) is 41.8 Å². The zero-order valence-electron chi connectivity index (χ0n) is 17.2. The van der Waals surface area contributed by atoms with Gasteiger partial charge in [-0.15, -0.1) is 0 Å². The van der Waals surface area contributed by atoms with Crippen LogP contribution in [0, 0.1) is 5.92 Å². The molecule has 12 heteroatoms. The lowest BCUT2D eigenvalue weighted by Gasteiger charge is -2.29. The maximum atomic E-state index is 14.2. The molecule has 3 saturated heterocycles. The molecule has 0 aromatic carbocycles. The van der Waals surface area contributed by atoms with Gasteiger partial charge >= 0.3 is 6.61 Å². The Labute approximate surface area is 181 Å². The maximum Gasteiger partial charge on any atom is 0.387 e. The van der Waals surface area contributed by atoms with E-state index < -0.39 is 25.0 Å². The second-order valence-corrected chi connectivity index (χ2v) is 8.44. The van der Waals surface area contributed by atoms with Crippen molar-refractivity contribution in [1.82, 2.24) is 15.0 Å². The Morgan fingerprint density at radius 2 is 2.06 bits per heavy atom. The summed E-state index contributed by atoms with van der Waals surface area (Å²) >= 11 is 0. The lowest BCUT2D eigenvalue weighted by Crippen LogP contribution is -2.38. The quantitative estimate of drug-likeness (QED) is 0.690. The summed E-state index contributed by atoms with van der Waals surface area (Å²) in [7, 11) is 0. The molecule has 2 bridgehead atoms. The molecule has 0 aliphatic carbocycles. The fraction of sp³-hybridized carbons (Fsp3) is 0.550. The highest BCUT2D eigenvalue weighted by atomic mass is 19.3. The van der Waals surface area contributed by atoms with Gasteiger partial charge in [-0.05, 0) is 12.5 Å². The van der Waals surface area contributed by atoms with E-state index in [1.54, 1.807) is 6.07 Å². The summed E-state index contributed by atoms with van der Waals surface area (Å²) in [4.78, 5) is 16.5. The zero-order chi connectivity index (χ0) is 22.6. The van der Waals surface area contributed by atoms with E-state index in [2.05, 4.69) is 24.6 Å². The molecule has 1 unspecified atom stereocenters. The summed E-state index contributed by atoms with van der Waals surface area (Å²) in [6.07, 6.45) is 2.34. The van der Waals surface area contributed by atoms with Crippen molar-refractivity contribution in [3.05, 3.63) is 18.3 Å². The Bertz CT molecular complexity index is 1030. The highest BCUT2D eigenvalue weighted by molar-refractivity contribution is 5.68. The minimum absolute atomic E-state index is 0.0993. The molecule has 8 nitrogen and oxygen atoms in total. The molecule has 2 aromatic rings. The van der Waals surface area contributed by atoms with Crippen LogP contribution in [0.5, 0.6) is 5.75 Å². The predicted octanol–water partition coefficient (Wildman–Crippen LogP) is 2.79. The number of nitrogen functional groups attached to an aromatic ring is 1. The van der Waals surface area contributed by atoms with Crippen molar-refractivity contribution in [1.29, 1.82) is 0 Å². The number of anilines is 3. The van der Waals surface area contributed by atoms with Gasteiger partial charge in [0.2, 0.25) is 5.95 Å². The van der Waals surface area contributed by atoms with E-state index in [-0.39, 0.29) is 36.2 Å². The fourth-order valence-corrected chi connectivity index (χ4v) is 4.42. The van der Waals surface area contributed by atoms with Crippen molar-refractivity contribution in [2.45, 2.75) is 38.0 Å². The monoisotopic (exact) mass is 454 g/mol. The van der Waals surface area contributed by atoms with Gasteiger partial charge in [-0.25, -0.2) is 18.7 Å². The number of morpholine rings is 1. The number of halogens is 4. The third-order valence-electron chi connectivity index (χ3n) is 6.19. The molecule has 5 heterocycles. The molecule has 2 N–H and O–H groups in total. The first-order chi connectivity index (χ1) is 15.2. The topological polar surface area (TPSA) is 89.6 Å². The SMILES string of the molecule is CC1CN(c2nc(-c3cnc(N)c(OC(F)F)c3)cc(N3C[C@@H]4C[C@H]3CO4)n2)CC1(F)F. The summed E-state index contributed by atoms with van der Waals surface area (Å²) in [6.45, 7) is -0.781. The molecule has 5 rings (SSSR count). The van der Waals surface area contributed by atoms with E-state index >= 15 is 0 Å². The van der Waals surface area contributed by atoms with Gasteiger partial charge in [-0.1, -0.05) is 6.92 Å². The van der Waals surface area contributed by atoms with Gasteiger partial charge in [0.15, 0.2) is 11.6 Å². The van der Waals surface area contributed by atoms with Crippen molar-refractivity contribution in [3.8, 4) is 17.0 Å². The molecule has 2 aromatic heterocycles. The van der Waals surface area contributed by atoms with Gasteiger partial charge in [-0.3, -0.25) is 0 Å². The van der Waals surface area contributed by atoms with E-state index in [1.165, 1.54) is 24.1 Å². The van der Waals surface area contributed by atoms with Crippen LogP contribution in [0.25, 0.3) is 11.3 Å². The third kappa shape index (κ3) is 3.76. The Hall–Kier alpha value is -2.89. The number of rotatable bonds is 5. The van der Waals surface area contributed by atoms with Crippen LogP contribution in [0.15, 0.2) is 18.3 Å². The Kier molecular flexibility index (Phi) is 4.99. The summed E-state index contributed by atoms with van der Waals surface area (Å²) in [5, 5.41) is 0. The lowest BCUT2D eigenvalue weighted by atomic mass is 10.1. The van der Waals surface area contributed by atoms with Gasteiger partial charge < -0.3 is 25.0 Å². The molecule has 32 heavy (non-hydrogen) atoms. The highest BCUT2D eigenvalue weighted by Crippen LogP contribution is 2.38. The normalized spacial score (nSPS) is 26.4. The number of ether oxygens (including phenoxy) is 2. The van der Waals surface area contributed by atoms with E-state index in [0.717, 1.165) is 6.42 Å². The maximum absolute atomic E-state index is 14.2. The number of hydrogen-bond donors (Lipinski definition) is 1. The number of aromatic nitrogens is 3. The second kappa shape index (κ2) is 7.61. The molecule has 3 atom stereocenters. The second-order valence-electron chi connectivity index (χ2n) is 8.44. The molecular formula is C20H22F4N6O2. The standard InChI is InChI=1S/C20H22F4N6O2/c1-10-6-29(9-20(10,23)24)19-27-14(11-2-15(32-18(21)22)17(25)26-5-11)4-16(28-19)30-7-13-3-12(30)8-31-13/h2,4-5,10,12-13,18H,3,6-9H2,1H3,(H2,25,26)/t10?,12-,13-/m0/s1. The van der Waals surface area contributed by atoms with Gasteiger partial charge in [0, 0.05) is 36.8 Å². The Balaban J connectivity index is 1.56. The van der Waals surface area contributed by atoms with Crippen molar-refractivity contribution in [3.63, 3.8) is 0 Å². The van der Waals surface area contributed by atoms with Gasteiger partial charge in [0.25, 0.3) is 5.92 Å². The summed E-state index contributed by atoms with van der Waals surface area (Å²) in [5.41, 5.74) is 6.36. The minimum Gasteiger partial charge on any atom is -0.431 e. The molecule has 3 fully saturated rings.